The molecule has 0 radical (unpaired) electrons. The molecule has 1 aliphatic carbocycles. The van der Waals surface area contributed by atoms with Gasteiger partial charge in [-0.3, -0.25) is 4.79 Å². The van der Waals surface area contributed by atoms with Crippen LogP contribution in [0.5, 0.6) is 0 Å². The molecule has 0 aromatic heterocycles. The summed E-state index contributed by atoms with van der Waals surface area (Å²) in [7, 11) is 0. The first-order chi connectivity index (χ1) is 9.25. The number of carboxylic acids is 1. The maximum Gasteiger partial charge on any atom is 0.317 e. The molecule has 2 amide bonds. The van der Waals surface area contributed by atoms with Gasteiger partial charge >= 0.3 is 12.0 Å². The fraction of sp³-hybridized carbons (Fsp3) is 0.867. The normalized spacial score (nSPS) is 20.2. The molecule has 2 N–H and O–H groups in total. The lowest BCUT2D eigenvalue weighted by molar-refractivity contribution is -0.141. The molecule has 0 heterocycles. The van der Waals surface area contributed by atoms with Crippen LogP contribution >= 0.6 is 0 Å². The standard InChI is InChI=1S/C15H28N2O3/c1-5-17(10-11(2)13(18)19)14(20)16-12-6-8-15(3,4)9-7-12/h11-12H,5-10H2,1-4H3,(H,16,20)(H,18,19). The van der Waals surface area contributed by atoms with Crippen LogP contribution in [0.15, 0.2) is 0 Å². The van der Waals surface area contributed by atoms with Crippen LogP contribution in [0, 0.1) is 11.3 Å². The van der Waals surface area contributed by atoms with Crippen LogP contribution in [0.1, 0.15) is 53.4 Å². The summed E-state index contributed by atoms with van der Waals surface area (Å²) in [5, 5.41) is 12.0. The zero-order chi connectivity index (χ0) is 15.3. The smallest absolute Gasteiger partial charge is 0.317 e. The predicted molar refractivity (Wildman–Crippen MR) is 78.6 cm³/mol. The monoisotopic (exact) mass is 284 g/mol. The van der Waals surface area contributed by atoms with E-state index in [1.54, 1.807) is 11.8 Å². The Kier molecular flexibility index (Phi) is 5.84. The van der Waals surface area contributed by atoms with Crippen molar-refractivity contribution in [2.45, 2.75) is 59.4 Å². The second kappa shape index (κ2) is 6.95. The third kappa shape index (κ3) is 5.02. The first-order valence-corrected chi connectivity index (χ1v) is 7.53. The average molecular weight is 284 g/mol. The number of urea groups is 1. The van der Waals surface area contributed by atoms with E-state index < -0.39 is 11.9 Å². The largest absolute Gasteiger partial charge is 0.481 e. The molecule has 0 saturated heterocycles. The van der Waals surface area contributed by atoms with Gasteiger partial charge in [0.15, 0.2) is 0 Å². The first kappa shape index (κ1) is 16.8. The van der Waals surface area contributed by atoms with Crippen LogP contribution in [0.4, 0.5) is 4.79 Å². The summed E-state index contributed by atoms with van der Waals surface area (Å²) < 4.78 is 0. The molecule has 1 aliphatic rings. The Morgan fingerprint density at radius 2 is 1.90 bits per heavy atom. The minimum Gasteiger partial charge on any atom is -0.481 e. The molecule has 0 aromatic rings. The van der Waals surface area contributed by atoms with Crippen LogP contribution in [-0.2, 0) is 4.79 Å². The van der Waals surface area contributed by atoms with Crippen molar-refractivity contribution < 1.29 is 14.7 Å². The highest BCUT2D eigenvalue weighted by Crippen LogP contribution is 2.34. The molecular weight excluding hydrogens is 256 g/mol. The Bertz CT molecular complexity index is 345. The van der Waals surface area contributed by atoms with Crippen LogP contribution < -0.4 is 5.32 Å². The van der Waals surface area contributed by atoms with Gasteiger partial charge in [-0.15, -0.1) is 0 Å². The first-order valence-electron chi connectivity index (χ1n) is 7.53. The van der Waals surface area contributed by atoms with Crippen molar-refractivity contribution in [1.29, 1.82) is 0 Å². The number of amides is 2. The van der Waals surface area contributed by atoms with Gasteiger partial charge in [-0.25, -0.2) is 4.79 Å². The average Bonchev–Trinajstić information content (AvgIpc) is 2.37. The Balaban J connectivity index is 2.46. The number of aliphatic carboxylic acids is 1. The highest BCUT2D eigenvalue weighted by molar-refractivity contribution is 5.76. The second-order valence-electron chi connectivity index (χ2n) is 6.67. The van der Waals surface area contributed by atoms with Gasteiger partial charge in [0.25, 0.3) is 0 Å². The van der Waals surface area contributed by atoms with Crippen molar-refractivity contribution in [3.8, 4) is 0 Å². The Morgan fingerprint density at radius 3 is 2.35 bits per heavy atom. The third-order valence-electron chi connectivity index (χ3n) is 4.25. The Hall–Kier alpha value is -1.26. The number of nitrogens with zero attached hydrogens (tertiary/aromatic N) is 1. The van der Waals surface area contributed by atoms with Gasteiger partial charge in [0, 0.05) is 19.1 Å². The molecule has 1 atom stereocenters. The number of hydrogen-bond donors (Lipinski definition) is 2. The lowest BCUT2D eigenvalue weighted by Crippen LogP contribution is -2.48. The van der Waals surface area contributed by atoms with E-state index in [4.69, 9.17) is 5.11 Å². The van der Waals surface area contributed by atoms with Gasteiger partial charge in [-0.05, 0) is 38.0 Å². The number of carboxylic acid groups (broad SMARTS) is 1. The zero-order valence-electron chi connectivity index (χ0n) is 13.1. The van der Waals surface area contributed by atoms with E-state index in [9.17, 15) is 9.59 Å². The number of carbonyl (C=O) groups is 2. The van der Waals surface area contributed by atoms with Gasteiger partial charge in [0.1, 0.15) is 0 Å². The summed E-state index contributed by atoms with van der Waals surface area (Å²) in [6.45, 7) is 8.81. The molecule has 5 nitrogen and oxygen atoms in total. The zero-order valence-corrected chi connectivity index (χ0v) is 13.1. The minimum absolute atomic E-state index is 0.134. The summed E-state index contributed by atoms with van der Waals surface area (Å²) in [6.07, 6.45) is 4.25. The van der Waals surface area contributed by atoms with E-state index in [0.717, 1.165) is 25.7 Å². The quantitative estimate of drug-likeness (QED) is 0.815. The molecule has 0 bridgehead atoms. The van der Waals surface area contributed by atoms with Gasteiger partial charge < -0.3 is 15.3 Å². The topological polar surface area (TPSA) is 69.6 Å². The van der Waals surface area contributed by atoms with Crippen molar-refractivity contribution in [2.75, 3.05) is 13.1 Å². The molecule has 0 aromatic carbocycles. The van der Waals surface area contributed by atoms with E-state index in [1.165, 1.54) is 0 Å². The van der Waals surface area contributed by atoms with Crippen LogP contribution in [0.2, 0.25) is 0 Å². The number of hydrogen-bond acceptors (Lipinski definition) is 2. The van der Waals surface area contributed by atoms with Crippen molar-refractivity contribution >= 4 is 12.0 Å². The fourth-order valence-electron chi connectivity index (χ4n) is 2.57. The lowest BCUT2D eigenvalue weighted by atomic mass is 9.75. The van der Waals surface area contributed by atoms with E-state index in [2.05, 4.69) is 19.2 Å². The van der Waals surface area contributed by atoms with Gasteiger partial charge in [-0.1, -0.05) is 20.8 Å². The van der Waals surface area contributed by atoms with Crippen LogP contribution in [0.3, 0.4) is 0 Å². The van der Waals surface area contributed by atoms with E-state index in [-0.39, 0.29) is 18.6 Å². The minimum atomic E-state index is -0.865. The van der Waals surface area contributed by atoms with E-state index in [1.807, 2.05) is 6.92 Å². The third-order valence-corrected chi connectivity index (χ3v) is 4.25. The molecule has 0 spiro atoms. The summed E-state index contributed by atoms with van der Waals surface area (Å²) >= 11 is 0. The molecule has 1 rings (SSSR count). The van der Waals surface area contributed by atoms with E-state index in [0.29, 0.717) is 12.0 Å². The van der Waals surface area contributed by atoms with Crippen molar-refractivity contribution in [2.24, 2.45) is 11.3 Å². The fourth-order valence-corrected chi connectivity index (χ4v) is 2.57. The van der Waals surface area contributed by atoms with Crippen molar-refractivity contribution in [3.63, 3.8) is 0 Å². The maximum absolute atomic E-state index is 12.2. The molecule has 0 aliphatic heterocycles. The summed E-state index contributed by atoms with van der Waals surface area (Å²) in [5.74, 6) is -1.40. The highest BCUT2D eigenvalue weighted by atomic mass is 16.4. The van der Waals surface area contributed by atoms with Crippen molar-refractivity contribution in [3.05, 3.63) is 0 Å². The Labute approximate surface area is 121 Å². The molecular formula is C15H28N2O3. The summed E-state index contributed by atoms with van der Waals surface area (Å²) in [6, 6.07) is 0.0926. The summed E-state index contributed by atoms with van der Waals surface area (Å²) in [4.78, 5) is 24.6. The summed E-state index contributed by atoms with van der Waals surface area (Å²) in [5.41, 5.74) is 0.378. The Morgan fingerprint density at radius 1 is 1.35 bits per heavy atom. The molecule has 5 heteroatoms. The predicted octanol–water partition coefficient (Wildman–Crippen LogP) is 2.71. The molecule has 20 heavy (non-hydrogen) atoms. The van der Waals surface area contributed by atoms with Gasteiger partial charge in [-0.2, -0.15) is 0 Å². The van der Waals surface area contributed by atoms with Crippen molar-refractivity contribution in [1.82, 2.24) is 10.2 Å². The lowest BCUT2D eigenvalue weighted by Gasteiger charge is -2.35. The molecule has 1 fully saturated rings. The van der Waals surface area contributed by atoms with Gasteiger partial charge in [0.05, 0.1) is 5.92 Å². The van der Waals surface area contributed by atoms with Crippen LogP contribution in [-0.4, -0.2) is 41.1 Å². The molecule has 1 saturated carbocycles. The number of nitrogens with one attached hydrogen (secondary N) is 1. The van der Waals surface area contributed by atoms with E-state index >= 15 is 0 Å². The molecule has 1 unspecified atom stereocenters. The van der Waals surface area contributed by atoms with Gasteiger partial charge in [0.2, 0.25) is 0 Å². The van der Waals surface area contributed by atoms with Crippen LogP contribution in [0.25, 0.3) is 0 Å². The molecule has 116 valence electrons. The number of rotatable bonds is 5. The number of carbonyl (C=O) groups excluding carboxylic acids is 1. The second-order valence-corrected chi connectivity index (χ2v) is 6.67. The maximum atomic E-state index is 12.2. The SMILES string of the molecule is CCN(CC(C)C(=O)O)C(=O)NC1CCC(C)(C)CC1. The highest BCUT2D eigenvalue weighted by Gasteiger charge is 2.28.